The van der Waals surface area contributed by atoms with Gasteiger partial charge in [-0.3, -0.25) is 9.78 Å². The van der Waals surface area contributed by atoms with Crippen LogP contribution in [-0.4, -0.2) is 22.6 Å². The van der Waals surface area contributed by atoms with Gasteiger partial charge in [0.2, 0.25) is 0 Å². The monoisotopic (exact) mass is 280 g/mol. The van der Waals surface area contributed by atoms with Crippen LogP contribution in [0.5, 0.6) is 0 Å². The molecule has 0 spiro atoms. The molecule has 0 aliphatic rings. The largest absolute Gasteiger partial charge is 0.384 e. The number of aliphatic hydroxyl groups excluding tert-OH is 1. The minimum Gasteiger partial charge on any atom is -0.384 e. The first-order valence-electron chi connectivity index (χ1n) is 6.61. The second-order valence-electron chi connectivity index (χ2n) is 4.52. The van der Waals surface area contributed by atoms with Crippen molar-refractivity contribution in [1.29, 1.82) is 0 Å². The van der Waals surface area contributed by atoms with Crippen LogP contribution < -0.4 is 5.32 Å². The second kappa shape index (κ2) is 7.22. The number of pyridine rings is 1. The molecular formula is C17H16N2O2. The molecule has 21 heavy (non-hydrogen) atoms. The average molecular weight is 280 g/mol. The first-order chi connectivity index (χ1) is 10.2. The molecule has 4 heteroatoms. The van der Waals surface area contributed by atoms with Gasteiger partial charge in [0, 0.05) is 23.5 Å². The number of nitrogens with one attached hydrogen (secondary N) is 1. The summed E-state index contributed by atoms with van der Waals surface area (Å²) in [4.78, 5) is 16.3. The van der Waals surface area contributed by atoms with Gasteiger partial charge >= 0.3 is 0 Å². The van der Waals surface area contributed by atoms with Gasteiger partial charge in [0.05, 0.1) is 6.04 Å². The third kappa shape index (κ3) is 4.16. The number of amides is 1. The van der Waals surface area contributed by atoms with Gasteiger partial charge in [0.1, 0.15) is 6.61 Å². The molecule has 1 heterocycles. The highest BCUT2D eigenvalue weighted by molar-refractivity contribution is 5.94. The smallest absolute Gasteiger partial charge is 0.251 e. The summed E-state index contributed by atoms with van der Waals surface area (Å²) in [6.07, 6.45) is 3.43. The molecular weight excluding hydrogens is 264 g/mol. The van der Waals surface area contributed by atoms with E-state index in [4.69, 9.17) is 5.11 Å². The third-order valence-electron chi connectivity index (χ3n) is 2.97. The summed E-state index contributed by atoms with van der Waals surface area (Å²) in [6.45, 7) is 1.71. The Bertz CT molecular complexity index is 672. The lowest BCUT2D eigenvalue weighted by Gasteiger charge is -2.14. The van der Waals surface area contributed by atoms with Crippen molar-refractivity contribution in [3.05, 3.63) is 65.5 Å². The van der Waals surface area contributed by atoms with Crippen molar-refractivity contribution >= 4 is 5.91 Å². The van der Waals surface area contributed by atoms with Gasteiger partial charge in [-0.15, -0.1) is 0 Å². The fourth-order valence-corrected chi connectivity index (χ4v) is 1.88. The first kappa shape index (κ1) is 14.8. The van der Waals surface area contributed by atoms with E-state index in [2.05, 4.69) is 22.1 Å². The molecule has 0 saturated heterocycles. The highest BCUT2D eigenvalue weighted by Gasteiger charge is 2.11. The maximum atomic E-state index is 12.2. The number of carbonyl (C=O) groups excluding carboxylic acids is 1. The molecule has 2 N–H and O–H groups in total. The zero-order valence-electron chi connectivity index (χ0n) is 11.7. The van der Waals surface area contributed by atoms with Crippen LogP contribution in [0.25, 0.3) is 0 Å². The molecule has 2 rings (SSSR count). The van der Waals surface area contributed by atoms with E-state index >= 15 is 0 Å². The Labute approximate surface area is 123 Å². The Hall–Kier alpha value is -2.64. The minimum absolute atomic E-state index is 0.126. The number of hydrogen-bond donors (Lipinski definition) is 2. The summed E-state index contributed by atoms with van der Waals surface area (Å²) in [7, 11) is 0. The molecule has 0 saturated carbocycles. The number of aromatic nitrogens is 1. The van der Waals surface area contributed by atoms with Crippen LogP contribution >= 0.6 is 0 Å². The lowest BCUT2D eigenvalue weighted by atomic mass is 10.1. The number of rotatable bonds is 3. The summed E-state index contributed by atoms with van der Waals surface area (Å²) in [5, 5.41) is 11.6. The summed E-state index contributed by atoms with van der Waals surface area (Å²) in [5.74, 6) is 5.18. The topological polar surface area (TPSA) is 62.2 Å². The molecule has 0 aliphatic carbocycles. The normalized spacial score (nSPS) is 11.1. The van der Waals surface area contributed by atoms with Gasteiger partial charge in [-0.2, -0.15) is 0 Å². The molecule has 4 nitrogen and oxygen atoms in total. The predicted octanol–water partition coefficient (Wildman–Crippen LogP) is 1.92. The molecule has 1 unspecified atom stereocenters. The maximum Gasteiger partial charge on any atom is 0.251 e. The Morgan fingerprint density at radius 1 is 1.38 bits per heavy atom. The Morgan fingerprint density at radius 3 is 2.95 bits per heavy atom. The number of aliphatic hydroxyl groups is 1. The fourth-order valence-electron chi connectivity index (χ4n) is 1.88. The van der Waals surface area contributed by atoms with Crippen LogP contribution in [0.4, 0.5) is 0 Å². The van der Waals surface area contributed by atoms with Crippen molar-refractivity contribution in [3.63, 3.8) is 0 Å². The molecule has 0 aliphatic heterocycles. The van der Waals surface area contributed by atoms with E-state index < -0.39 is 0 Å². The van der Waals surface area contributed by atoms with Gasteiger partial charge in [-0.1, -0.05) is 24.0 Å². The van der Waals surface area contributed by atoms with Crippen LogP contribution in [0.1, 0.15) is 34.5 Å². The molecule has 0 bridgehead atoms. The minimum atomic E-state index is -0.200. The average Bonchev–Trinajstić information content (AvgIpc) is 2.54. The van der Waals surface area contributed by atoms with Crippen molar-refractivity contribution in [2.24, 2.45) is 0 Å². The van der Waals surface area contributed by atoms with Gasteiger partial charge < -0.3 is 10.4 Å². The molecule has 1 aromatic carbocycles. The summed E-state index contributed by atoms with van der Waals surface area (Å²) in [5.41, 5.74) is 2.18. The highest BCUT2D eigenvalue weighted by atomic mass is 16.2. The molecule has 0 fully saturated rings. The van der Waals surface area contributed by atoms with Crippen molar-refractivity contribution in [3.8, 4) is 11.8 Å². The van der Waals surface area contributed by atoms with Crippen LogP contribution in [0.2, 0.25) is 0 Å². The Balaban J connectivity index is 2.10. The van der Waals surface area contributed by atoms with Crippen molar-refractivity contribution in [2.75, 3.05) is 6.61 Å². The van der Waals surface area contributed by atoms with E-state index in [1.165, 1.54) is 0 Å². The Kier molecular flexibility index (Phi) is 5.08. The SMILES string of the molecule is CC(NC(=O)c1cccc(C#CCO)c1)c1cccnc1. The third-order valence-corrected chi connectivity index (χ3v) is 2.97. The standard InChI is InChI=1S/C17H16N2O2/c1-13(16-8-3-9-18-12-16)19-17(21)15-7-2-5-14(11-15)6-4-10-20/h2-3,5,7-9,11-13,20H,10H2,1H3,(H,19,21). The van der Waals surface area contributed by atoms with Gasteiger partial charge in [-0.05, 0) is 36.8 Å². The summed E-state index contributed by atoms with van der Waals surface area (Å²) < 4.78 is 0. The molecule has 1 aromatic heterocycles. The molecule has 1 atom stereocenters. The van der Waals surface area contributed by atoms with Crippen LogP contribution in [0, 0.1) is 11.8 Å². The number of benzene rings is 1. The number of nitrogens with zero attached hydrogens (tertiary/aromatic N) is 1. The lowest BCUT2D eigenvalue weighted by Crippen LogP contribution is -2.26. The number of hydrogen-bond acceptors (Lipinski definition) is 3. The predicted molar refractivity (Wildman–Crippen MR) is 80.5 cm³/mol. The van der Waals surface area contributed by atoms with Crippen LogP contribution in [0.15, 0.2) is 48.8 Å². The van der Waals surface area contributed by atoms with Crippen molar-refractivity contribution in [2.45, 2.75) is 13.0 Å². The zero-order chi connectivity index (χ0) is 15.1. The van der Waals surface area contributed by atoms with E-state index in [-0.39, 0.29) is 18.6 Å². The van der Waals surface area contributed by atoms with Crippen molar-refractivity contribution in [1.82, 2.24) is 10.3 Å². The fraction of sp³-hybridized carbons (Fsp3) is 0.176. The van der Waals surface area contributed by atoms with E-state index in [9.17, 15) is 4.79 Å². The second-order valence-corrected chi connectivity index (χ2v) is 4.52. The molecule has 106 valence electrons. The first-order valence-corrected chi connectivity index (χ1v) is 6.61. The van der Waals surface area contributed by atoms with E-state index in [1.54, 1.807) is 36.7 Å². The number of carbonyl (C=O) groups is 1. The van der Waals surface area contributed by atoms with Gasteiger partial charge in [-0.25, -0.2) is 0 Å². The van der Waals surface area contributed by atoms with E-state index in [0.29, 0.717) is 11.1 Å². The van der Waals surface area contributed by atoms with Gasteiger partial charge in [0.25, 0.3) is 5.91 Å². The lowest BCUT2D eigenvalue weighted by molar-refractivity contribution is 0.0940. The Morgan fingerprint density at radius 2 is 2.24 bits per heavy atom. The summed E-state index contributed by atoms with van der Waals surface area (Å²) in [6, 6.07) is 10.6. The highest BCUT2D eigenvalue weighted by Crippen LogP contribution is 2.12. The maximum absolute atomic E-state index is 12.2. The van der Waals surface area contributed by atoms with Gasteiger partial charge in [0.15, 0.2) is 0 Å². The quantitative estimate of drug-likeness (QED) is 0.844. The molecule has 1 amide bonds. The zero-order valence-corrected chi connectivity index (χ0v) is 11.7. The summed E-state index contributed by atoms with van der Waals surface area (Å²) >= 11 is 0. The van der Waals surface area contributed by atoms with E-state index in [0.717, 1.165) is 5.56 Å². The van der Waals surface area contributed by atoms with Crippen molar-refractivity contribution < 1.29 is 9.90 Å². The van der Waals surface area contributed by atoms with Crippen LogP contribution in [0.3, 0.4) is 0 Å². The molecule has 0 radical (unpaired) electrons. The van der Waals surface area contributed by atoms with Crippen LogP contribution in [-0.2, 0) is 0 Å². The van der Waals surface area contributed by atoms with E-state index in [1.807, 2.05) is 19.1 Å². The molecule has 2 aromatic rings.